The van der Waals surface area contributed by atoms with Crippen LogP contribution in [0.3, 0.4) is 0 Å². The van der Waals surface area contributed by atoms with Gasteiger partial charge in [0.25, 0.3) is 0 Å². The van der Waals surface area contributed by atoms with Crippen LogP contribution in [-0.4, -0.2) is 47.6 Å². The smallest absolute Gasteiger partial charge is 0.359 e. The van der Waals surface area contributed by atoms with Crippen molar-refractivity contribution in [1.29, 1.82) is 0 Å². The maximum atomic E-state index is 11.3. The largest absolute Gasteiger partial charge is 0.477 e. The van der Waals surface area contributed by atoms with Crippen LogP contribution in [-0.2, 0) is 4.79 Å². The van der Waals surface area contributed by atoms with Crippen molar-refractivity contribution in [2.24, 2.45) is 4.99 Å². The van der Waals surface area contributed by atoms with Gasteiger partial charge < -0.3 is 5.11 Å². The van der Waals surface area contributed by atoms with Crippen LogP contribution in [0.1, 0.15) is 84.5 Å². The second-order valence-electron chi connectivity index (χ2n) is 7.02. The summed E-state index contributed by atoms with van der Waals surface area (Å²) in [5.41, 5.74) is 0. The molecular formula is C19H37N2O2+. The quantitative estimate of drug-likeness (QED) is 0.374. The highest BCUT2D eigenvalue weighted by Crippen LogP contribution is 2.21. The molecule has 1 rings (SSSR count). The van der Waals surface area contributed by atoms with Gasteiger partial charge in [0, 0.05) is 6.42 Å². The maximum Gasteiger partial charge on any atom is 0.359 e. The molecule has 4 heteroatoms. The number of amidine groups is 1. The van der Waals surface area contributed by atoms with Crippen LogP contribution in [0.25, 0.3) is 0 Å². The van der Waals surface area contributed by atoms with Gasteiger partial charge in [-0.25, -0.2) is 9.79 Å². The molecule has 0 aromatic carbocycles. The van der Waals surface area contributed by atoms with Gasteiger partial charge in [0.2, 0.25) is 0 Å². The Labute approximate surface area is 142 Å². The normalized spacial score (nSPS) is 20.7. The first-order valence-corrected chi connectivity index (χ1v) is 9.76. The highest BCUT2D eigenvalue weighted by Gasteiger charge is 2.39. The standard InChI is InChI=1S/C19H36N2O2/c1-3-5-7-8-9-10-11-12-13-18-20-14-16-21(18,15-6-4-2)17-19(22)23/h3-17H2,1-2H3/p+1. The first kappa shape index (κ1) is 20.1. The van der Waals surface area contributed by atoms with E-state index in [-0.39, 0.29) is 6.54 Å². The van der Waals surface area contributed by atoms with Crippen LogP contribution in [0, 0.1) is 0 Å². The Kier molecular flexibility index (Phi) is 10.2. The SMILES string of the molecule is CCCCCCCCCCC1=NCC[N+]1(CCCC)CC(=O)O. The summed E-state index contributed by atoms with van der Waals surface area (Å²) in [6.07, 6.45) is 13.7. The van der Waals surface area contributed by atoms with E-state index in [2.05, 4.69) is 18.8 Å². The summed E-state index contributed by atoms with van der Waals surface area (Å²) in [4.78, 5) is 16.0. The number of carboxylic acid groups (broad SMARTS) is 1. The van der Waals surface area contributed by atoms with Crippen LogP contribution >= 0.6 is 0 Å². The number of carboxylic acids is 1. The molecule has 0 fully saturated rings. The van der Waals surface area contributed by atoms with Crippen LogP contribution in [0.2, 0.25) is 0 Å². The molecule has 0 bridgehead atoms. The van der Waals surface area contributed by atoms with Crippen molar-refractivity contribution in [3.05, 3.63) is 0 Å². The van der Waals surface area contributed by atoms with Crippen molar-refractivity contribution in [3.8, 4) is 0 Å². The average Bonchev–Trinajstić information content (AvgIpc) is 2.90. The predicted molar refractivity (Wildman–Crippen MR) is 96.9 cm³/mol. The molecule has 1 N–H and O–H groups in total. The zero-order valence-corrected chi connectivity index (χ0v) is 15.4. The Balaban J connectivity index is 2.33. The topological polar surface area (TPSA) is 49.7 Å². The van der Waals surface area contributed by atoms with E-state index in [1.54, 1.807) is 0 Å². The third-order valence-electron chi connectivity index (χ3n) is 5.00. The summed E-state index contributed by atoms with van der Waals surface area (Å²) in [5.74, 6) is 0.471. The zero-order valence-electron chi connectivity index (χ0n) is 15.4. The van der Waals surface area contributed by atoms with E-state index in [1.807, 2.05) is 0 Å². The van der Waals surface area contributed by atoms with Crippen LogP contribution in [0.5, 0.6) is 0 Å². The highest BCUT2D eigenvalue weighted by molar-refractivity contribution is 5.80. The molecule has 0 spiro atoms. The third kappa shape index (κ3) is 7.47. The van der Waals surface area contributed by atoms with Gasteiger partial charge in [0.15, 0.2) is 12.4 Å². The molecule has 1 unspecified atom stereocenters. The van der Waals surface area contributed by atoms with E-state index in [1.165, 1.54) is 51.4 Å². The lowest BCUT2D eigenvalue weighted by Gasteiger charge is -2.33. The Morgan fingerprint density at radius 2 is 1.61 bits per heavy atom. The second kappa shape index (κ2) is 11.6. The minimum atomic E-state index is -0.688. The lowest BCUT2D eigenvalue weighted by Crippen LogP contribution is -2.54. The van der Waals surface area contributed by atoms with E-state index < -0.39 is 5.97 Å². The lowest BCUT2D eigenvalue weighted by molar-refractivity contribution is -0.829. The summed E-state index contributed by atoms with van der Waals surface area (Å²) < 4.78 is 0.625. The van der Waals surface area contributed by atoms with Crippen LogP contribution in [0.4, 0.5) is 0 Å². The fraction of sp³-hybridized carbons (Fsp3) is 0.895. The van der Waals surface area contributed by atoms with E-state index in [0.717, 1.165) is 44.7 Å². The highest BCUT2D eigenvalue weighted by atomic mass is 16.4. The molecule has 0 aromatic rings. The maximum absolute atomic E-state index is 11.3. The molecule has 0 saturated carbocycles. The third-order valence-corrected chi connectivity index (χ3v) is 5.00. The number of hydrogen-bond donors (Lipinski definition) is 1. The molecule has 0 saturated heterocycles. The van der Waals surface area contributed by atoms with E-state index in [9.17, 15) is 9.90 Å². The Bertz CT molecular complexity index is 368. The fourth-order valence-electron chi connectivity index (χ4n) is 3.59. The van der Waals surface area contributed by atoms with Gasteiger partial charge in [-0.3, -0.25) is 4.48 Å². The molecule has 23 heavy (non-hydrogen) atoms. The average molecular weight is 326 g/mol. The van der Waals surface area contributed by atoms with Crippen molar-refractivity contribution in [1.82, 2.24) is 0 Å². The molecule has 0 aromatic heterocycles. The Hall–Kier alpha value is -0.900. The van der Waals surface area contributed by atoms with Crippen molar-refractivity contribution < 1.29 is 14.4 Å². The molecule has 0 radical (unpaired) electrons. The number of rotatable bonds is 14. The molecule has 134 valence electrons. The number of aliphatic carboxylic acids is 1. The van der Waals surface area contributed by atoms with Gasteiger partial charge in [-0.2, -0.15) is 0 Å². The van der Waals surface area contributed by atoms with Crippen molar-refractivity contribution in [2.45, 2.75) is 84.5 Å². The second-order valence-corrected chi connectivity index (χ2v) is 7.02. The minimum Gasteiger partial charge on any atom is -0.477 e. The van der Waals surface area contributed by atoms with Crippen molar-refractivity contribution in [3.63, 3.8) is 0 Å². The molecule has 1 heterocycles. The summed E-state index contributed by atoms with van der Waals surface area (Å²) >= 11 is 0. The van der Waals surface area contributed by atoms with Crippen molar-refractivity contribution >= 4 is 11.8 Å². The number of hydrogen-bond acceptors (Lipinski definition) is 2. The number of quaternary nitrogens is 1. The molecule has 0 amide bonds. The summed E-state index contributed by atoms with van der Waals surface area (Å²) in [5, 5.41) is 9.30. The fourth-order valence-corrected chi connectivity index (χ4v) is 3.59. The van der Waals surface area contributed by atoms with Gasteiger partial charge >= 0.3 is 5.97 Å². The van der Waals surface area contributed by atoms with Gasteiger partial charge in [-0.05, 0) is 12.8 Å². The molecule has 1 atom stereocenters. The van der Waals surface area contributed by atoms with Crippen molar-refractivity contribution in [2.75, 3.05) is 26.2 Å². The molecule has 4 nitrogen and oxygen atoms in total. The summed E-state index contributed by atoms with van der Waals surface area (Å²) in [6.45, 7) is 7.28. The number of nitrogens with zero attached hydrogens (tertiary/aromatic N) is 2. The number of aliphatic imine (C=N–C) groups is 1. The minimum absolute atomic E-state index is 0.218. The van der Waals surface area contributed by atoms with Gasteiger partial charge in [0.1, 0.15) is 6.54 Å². The predicted octanol–water partition coefficient (Wildman–Crippen LogP) is 4.63. The van der Waals surface area contributed by atoms with Gasteiger partial charge in [0.05, 0.1) is 13.1 Å². The first-order valence-electron chi connectivity index (χ1n) is 9.76. The number of carbonyl (C=O) groups is 1. The molecule has 1 aliphatic rings. The lowest BCUT2D eigenvalue weighted by atomic mass is 10.1. The first-order chi connectivity index (χ1) is 11.1. The summed E-state index contributed by atoms with van der Waals surface area (Å²) in [7, 11) is 0. The molecule has 1 aliphatic heterocycles. The monoisotopic (exact) mass is 325 g/mol. The van der Waals surface area contributed by atoms with E-state index >= 15 is 0 Å². The number of unbranched alkanes of at least 4 members (excludes halogenated alkanes) is 8. The van der Waals surface area contributed by atoms with Gasteiger partial charge in [-0.1, -0.05) is 65.2 Å². The Morgan fingerprint density at radius 1 is 1.00 bits per heavy atom. The zero-order chi connectivity index (χ0) is 17.0. The molecule has 0 aliphatic carbocycles. The molecular weight excluding hydrogens is 288 g/mol. The van der Waals surface area contributed by atoms with Gasteiger partial charge in [-0.15, -0.1) is 0 Å². The van der Waals surface area contributed by atoms with E-state index in [0.29, 0.717) is 4.48 Å². The van der Waals surface area contributed by atoms with Crippen LogP contribution < -0.4 is 0 Å². The van der Waals surface area contributed by atoms with Crippen LogP contribution in [0.15, 0.2) is 4.99 Å². The van der Waals surface area contributed by atoms with E-state index in [4.69, 9.17) is 0 Å². The summed E-state index contributed by atoms with van der Waals surface area (Å²) in [6, 6.07) is 0. The Morgan fingerprint density at radius 3 is 2.22 bits per heavy atom.